The molecule has 1 saturated carbocycles. The van der Waals surface area contributed by atoms with Gasteiger partial charge in [0.15, 0.2) is 9.84 Å². The van der Waals surface area contributed by atoms with Gasteiger partial charge in [0, 0.05) is 17.6 Å². The van der Waals surface area contributed by atoms with Crippen LogP contribution in [-0.4, -0.2) is 66.2 Å². The number of sulfone groups is 1. The van der Waals surface area contributed by atoms with Crippen molar-refractivity contribution in [2.45, 2.75) is 56.7 Å². The predicted molar refractivity (Wildman–Crippen MR) is 110 cm³/mol. The lowest BCUT2D eigenvalue weighted by Gasteiger charge is -2.35. The molecule has 2 atom stereocenters. The van der Waals surface area contributed by atoms with Gasteiger partial charge in [0.1, 0.15) is 23.7 Å². The summed E-state index contributed by atoms with van der Waals surface area (Å²) >= 11 is 0. The van der Waals surface area contributed by atoms with E-state index in [9.17, 15) is 31.6 Å². The minimum Gasteiger partial charge on any atom is -0.334 e. The summed E-state index contributed by atoms with van der Waals surface area (Å²) in [5, 5.41) is 2.38. The summed E-state index contributed by atoms with van der Waals surface area (Å²) in [6.45, 7) is 0.665. The van der Waals surface area contributed by atoms with Crippen molar-refractivity contribution >= 4 is 27.7 Å². The van der Waals surface area contributed by atoms with Crippen molar-refractivity contribution in [2.75, 3.05) is 18.1 Å². The van der Waals surface area contributed by atoms with Crippen LogP contribution in [0.1, 0.15) is 44.6 Å². The maximum absolute atomic E-state index is 14.3. The molecule has 0 unspecified atom stereocenters. The number of carbonyl (C=O) groups excluding carboxylic acids is 3. The second-order valence-corrected chi connectivity index (χ2v) is 11.1. The number of nitrogens with one attached hydrogen (secondary N) is 1. The number of amides is 4. The third kappa shape index (κ3) is 3.98. The molecule has 2 saturated heterocycles. The molecular weight excluding hydrogens is 444 g/mol. The Morgan fingerprint density at radius 2 is 1.88 bits per heavy atom. The molecule has 4 rings (SSSR count). The molecular formula is C21H25F2N3O5S. The van der Waals surface area contributed by atoms with E-state index in [-0.39, 0.29) is 23.1 Å². The number of halogens is 2. The van der Waals surface area contributed by atoms with E-state index in [1.165, 1.54) is 11.8 Å². The molecule has 3 aliphatic rings. The number of rotatable bonds is 5. The van der Waals surface area contributed by atoms with Gasteiger partial charge in [-0.2, -0.15) is 0 Å². The van der Waals surface area contributed by atoms with Gasteiger partial charge in [-0.05, 0) is 44.4 Å². The van der Waals surface area contributed by atoms with E-state index in [1.807, 2.05) is 0 Å². The predicted octanol–water partition coefficient (Wildman–Crippen LogP) is 1.69. The largest absolute Gasteiger partial charge is 0.334 e. The molecule has 1 N–H and O–H groups in total. The zero-order chi connectivity index (χ0) is 23.3. The topological polar surface area (TPSA) is 104 Å². The van der Waals surface area contributed by atoms with Crippen molar-refractivity contribution in [3.05, 3.63) is 35.4 Å². The van der Waals surface area contributed by atoms with Crippen LogP contribution in [0.3, 0.4) is 0 Å². The molecule has 11 heteroatoms. The molecule has 1 aromatic rings. The highest BCUT2D eigenvalue weighted by Gasteiger charge is 2.51. The fourth-order valence-corrected chi connectivity index (χ4v) is 6.71. The van der Waals surface area contributed by atoms with Gasteiger partial charge in [-0.25, -0.2) is 22.0 Å². The lowest BCUT2D eigenvalue weighted by atomic mass is 9.91. The van der Waals surface area contributed by atoms with Crippen molar-refractivity contribution in [1.82, 2.24) is 15.1 Å². The molecule has 0 radical (unpaired) electrons. The Kier molecular flexibility index (Phi) is 5.72. The molecule has 0 bridgehead atoms. The molecule has 0 aromatic heterocycles. The number of urea groups is 1. The van der Waals surface area contributed by atoms with Crippen LogP contribution in [0, 0.1) is 11.6 Å². The van der Waals surface area contributed by atoms with Crippen LogP contribution < -0.4 is 5.32 Å². The van der Waals surface area contributed by atoms with E-state index in [1.54, 1.807) is 0 Å². The fraction of sp³-hybridized carbons (Fsp3) is 0.571. The Labute approximate surface area is 184 Å². The molecule has 1 aliphatic carbocycles. The van der Waals surface area contributed by atoms with E-state index in [4.69, 9.17) is 0 Å². The van der Waals surface area contributed by atoms with Gasteiger partial charge in [-0.1, -0.05) is 12.8 Å². The average molecular weight is 470 g/mol. The van der Waals surface area contributed by atoms with Crippen LogP contribution in [0.4, 0.5) is 13.6 Å². The van der Waals surface area contributed by atoms with Crippen molar-refractivity contribution in [3.63, 3.8) is 0 Å². The molecule has 1 aromatic carbocycles. The maximum atomic E-state index is 14.3. The minimum atomic E-state index is -3.25. The van der Waals surface area contributed by atoms with E-state index >= 15 is 0 Å². The number of carbonyl (C=O) groups is 3. The summed E-state index contributed by atoms with van der Waals surface area (Å²) in [6, 6.07) is 1.08. The van der Waals surface area contributed by atoms with Crippen LogP contribution in [0.15, 0.2) is 18.2 Å². The molecule has 32 heavy (non-hydrogen) atoms. The zero-order valence-corrected chi connectivity index (χ0v) is 18.5. The molecule has 174 valence electrons. The molecule has 8 nitrogen and oxygen atoms in total. The minimum absolute atomic E-state index is 0.00574. The number of benzene rings is 1. The number of imide groups is 1. The van der Waals surface area contributed by atoms with Crippen molar-refractivity contribution in [1.29, 1.82) is 0 Å². The lowest BCUT2D eigenvalue weighted by molar-refractivity contribution is -0.141. The third-order valence-corrected chi connectivity index (χ3v) is 8.39. The second-order valence-electron chi connectivity index (χ2n) is 8.87. The summed E-state index contributed by atoms with van der Waals surface area (Å²) in [5.74, 6) is -3.17. The lowest BCUT2D eigenvalue weighted by Crippen LogP contribution is -2.52. The summed E-state index contributed by atoms with van der Waals surface area (Å²) in [5.41, 5.74) is -2.20. The third-order valence-electron chi connectivity index (χ3n) is 6.64. The first-order valence-corrected chi connectivity index (χ1v) is 12.5. The summed E-state index contributed by atoms with van der Waals surface area (Å²) in [7, 11) is -3.25. The van der Waals surface area contributed by atoms with Crippen molar-refractivity contribution < 1.29 is 31.6 Å². The zero-order valence-electron chi connectivity index (χ0n) is 17.6. The van der Waals surface area contributed by atoms with Gasteiger partial charge in [0.05, 0.1) is 11.5 Å². The first kappa shape index (κ1) is 22.6. The summed E-state index contributed by atoms with van der Waals surface area (Å²) in [6.07, 6.45) is 3.60. The van der Waals surface area contributed by atoms with Crippen LogP contribution in [-0.2, 0) is 25.0 Å². The monoisotopic (exact) mass is 469 g/mol. The smallest absolute Gasteiger partial charge is 0.325 e. The van der Waals surface area contributed by atoms with Gasteiger partial charge < -0.3 is 10.2 Å². The highest BCUT2D eigenvalue weighted by molar-refractivity contribution is 7.91. The van der Waals surface area contributed by atoms with Gasteiger partial charge in [0.25, 0.3) is 5.91 Å². The van der Waals surface area contributed by atoms with Gasteiger partial charge in [-0.15, -0.1) is 0 Å². The normalized spacial score (nSPS) is 27.7. The highest BCUT2D eigenvalue weighted by atomic mass is 32.2. The Hall–Kier alpha value is -2.56. The summed E-state index contributed by atoms with van der Waals surface area (Å²) in [4.78, 5) is 41.2. The first-order chi connectivity index (χ1) is 15.0. The van der Waals surface area contributed by atoms with E-state index in [0.29, 0.717) is 11.3 Å². The SMILES string of the molecule is C[C@@]1(c2cc(F)ccc2F)NC(=O)N(CC(=O)N(C2CCCC2)[C@H]2CCS(=O)(=O)C2)C1=O. The van der Waals surface area contributed by atoms with Crippen LogP contribution >= 0.6 is 0 Å². The number of nitrogens with zero attached hydrogens (tertiary/aromatic N) is 2. The quantitative estimate of drug-likeness (QED) is 0.661. The first-order valence-electron chi connectivity index (χ1n) is 10.6. The highest BCUT2D eigenvalue weighted by Crippen LogP contribution is 2.33. The average Bonchev–Trinajstić information content (AvgIpc) is 3.41. The van der Waals surface area contributed by atoms with Crippen LogP contribution in [0.2, 0.25) is 0 Å². The Bertz CT molecular complexity index is 1070. The van der Waals surface area contributed by atoms with E-state index < -0.39 is 57.4 Å². The van der Waals surface area contributed by atoms with E-state index in [2.05, 4.69) is 5.32 Å². The maximum Gasteiger partial charge on any atom is 0.325 e. The standard InChI is InChI=1S/C21H25F2N3O5S/c1-21(16-10-13(22)6-7-17(16)23)19(28)25(20(29)24-21)11-18(27)26(14-4-2-3-5-14)15-8-9-32(30,31)12-15/h6-7,10,14-15H,2-5,8-9,11-12H2,1H3,(H,24,29)/t15-,21-/m0/s1. The molecule has 3 fully saturated rings. The van der Waals surface area contributed by atoms with Crippen molar-refractivity contribution in [3.8, 4) is 0 Å². The van der Waals surface area contributed by atoms with Gasteiger partial charge >= 0.3 is 6.03 Å². The number of hydrogen-bond donors (Lipinski definition) is 1. The Morgan fingerprint density at radius 3 is 2.50 bits per heavy atom. The van der Waals surface area contributed by atoms with Gasteiger partial charge in [0.2, 0.25) is 5.91 Å². The fourth-order valence-electron chi connectivity index (χ4n) is 5.00. The molecule has 2 aliphatic heterocycles. The van der Waals surface area contributed by atoms with E-state index in [0.717, 1.165) is 43.9 Å². The molecule has 2 heterocycles. The Balaban J connectivity index is 1.58. The Morgan fingerprint density at radius 1 is 1.19 bits per heavy atom. The molecule has 4 amide bonds. The van der Waals surface area contributed by atoms with Crippen LogP contribution in [0.25, 0.3) is 0 Å². The van der Waals surface area contributed by atoms with Crippen molar-refractivity contribution in [2.24, 2.45) is 0 Å². The molecule has 0 spiro atoms. The van der Waals surface area contributed by atoms with Gasteiger partial charge in [-0.3, -0.25) is 14.5 Å². The second kappa shape index (κ2) is 8.09. The van der Waals surface area contributed by atoms with Crippen LogP contribution in [0.5, 0.6) is 0 Å². The number of hydrogen-bond acceptors (Lipinski definition) is 5. The summed E-state index contributed by atoms with van der Waals surface area (Å²) < 4.78 is 52.0.